The van der Waals surface area contributed by atoms with Crippen LogP contribution in [0.5, 0.6) is 0 Å². The normalized spacial score (nSPS) is 14.0. The number of phosphoric ester groups is 1. The fourth-order valence-corrected chi connectivity index (χ4v) is 11.5. The van der Waals surface area contributed by atoms with Crippen molar-refractivity contribution in [2.75, 3.05) is 40.9 Å². The highest BCUT2D eigenvalue weighted by Crippen LogP contribution is 2.38. The number of aliphatic hydroxyl groups excluding tert-OH is 1. The molecule has 0 rings (SSSR count). The van der Waals surface area contributed by atoms with E-state index >= 15 is 0 Å². The third-order valence-electron chi connectivity index (χ3n) is 16.4. The average Bonchev–Trinajstić information content (AvgIpc) is 3.56. The number of rotatable bonds is 67. The molecule has 0 spiro atoms. The van der Waals surface area contributed by atoms with Gasteiger partial charge in [0.15, 0.2) is 0 Å². The topological polar surface area (TPSA) is 108 Å². The van der Waals surface area contributed by atoms with Crippen LogP contribution in [0.15, 0.2) is 72.9 Å². The van der Waals surface area contributed by atoms with E-state index in [-0.39, 0.29) is 12.5 Å². The molecule has 1 amide bonds. The van der Waals surface area contributed by atoms with E-state index < -0.39 is 26.6 Å². The molecule has 0 radical (unpaired) electrons. The van der Waals surface area contributed by atoms with Crippen LogP contribution < -0.4 is 10.2 Å². The van der Waals surface area contributed by atoms with E-state index in [1.807, 2.05) is 27.2 Å². The number of hydrogen-bond donors (Lipinski definition) is 2. The lowest BCUT2D eigenvalue weighted by Gasteiger charge is -2.29. The molecule has 3 unspecified atom stereocenters. The van der Waals surface area contributed by atoms with Gasteiger partial charge in [0.25, 0.3) is 7.82 Å². The Morgan fingerprint density at radius 2 is 0.738 bits per heavy atom. The monoisotopic (exact) mass is 1200 g/mol. The van der Waals surface area contributed by atoms with E-state index in [2.05, 4.69) is 79.9 Å². The molecule has 84 heavy (non-hydrogen) atoms. The van der Waals surface area contributed by atoms with E-state index in [9.17, 15) is 19.4 Å². The van der Waals surface area contributed by atoms with Crippen molar-refractivity contribution < 1.29 is 32.9 Å². The van der Waals surface area contributed by atoms with Crippen LogP contribution in [-0.4, -0.2) is 68.5 Å². The molecule has 8 nitrogen and oxygen atoms in total. The molecule has 0 aliphatic heterocycles. The molecule has 9 heteroatoms. The van der Waals surface area contributed by atoms with Crippen LogP contribution in [0.1, 0.15) is 348 Å². The SMILES string of the molecule is CC/C=C\C/C=C\C/C=C\C/C=C\CCCCCCCCCCCCCCCCCCCCCCCCC(=O)NC(COP(=O)([O-])OCC[N+](C)(C)C)C(O)/C=C/CC/C=C/CCCCCCCCCCCCCCCCCCCCCCC. The average molecular weight is 1200 g/mol. The molecule has 0 aliphatic rings. The molecule has 0 bridgehead atoms. The zero-order valence-corrected chi connectivity index (χ0v) is 57.3. The second-order valence-electron chi connectivity index (χ2n) is 25.9. The van der Waals surface area contributed by atoms with Gasteiger partial charge in [-0.3, -0.25) is 9.36 Å². The van der Waals surface area contributed by atoms with Crippen molar-refractivity contribution in [1.29, 1.82) is 0 Å². The highest BCUT2D eigenvalue weighted by molar-refractivity contribution is 7.45. The summed E-state index contributed by atoms with van der Waals surface area (Å²) in [4.78, 5) is 25.6. The van der Waals surface area contributed by atoms with Gasteiger partial charge in [0, 0.05) is 6.42 Å². The Hall–Kier alpha value is -2.06. The van der Waals surface area contributed by atoms with Gasteiger partial charge in [-0.1, -0.05) is 344 Å². The molecule has 0 aliphatic carbocycles. The van der Waals surface area contributed by atoms with Gasteiger partial charge in [-0.15, -0.1) is 0 Å². The molecule has 0 aromatic heterocycles. The zero-order chi connectivity index (χ0) is 61.2. The summed E-state index contributed by atoms with van der Waals surface area (Å²) in [6.45, 7) is 4.56. The lowest BCUT2D eigenvalue weighted by Crippen LogP contribution is -2.45. The van der Waals surface area contributed by atoms with Crippen molar-refractivity contribution in [1.82, 2.24) is 5.32 Å². The Morgan fingerprint density at radius 1 is 0.429 bits per heavy atom. The number of hydrogen-bond acceptors (Lipinski definition) is 6. The number of phosphoric acid groups is 1. The first-order valence-electron chi connectivity index (χ1n) is 36.3. The Bertz CT molecular complexity index is 1600. The number of quaternary nitrogens is 1. The summed E-state index contributed by atoms with van der Waals surface area (Å²) in [5.41, 5.74) is 0. The molecule has 3 atom stereocenters. The molecule has 0 fully saturated rings. The van der Waals surface area contributed by atoms with Gasteiger partial charge in [-0.25, -0.2) is 0 Å². The Kier molecular flexibility index (Phi) is 63.8. The van der Waals surface area contributed by atoms with Gasteiger partial charge in [-0.05, 0) is 70.6 Å². The van der Waals surface area contributed by atoms with Gasteiger partial charge >= 0.3 is 0 Å². The number of nitrogens with zero attached hydrogens (tertiary/aromatic N) is 1. The first-order chi connectivity index (χ1) is 41.0. The highest BCUT2D eigenvalue weighted by Gasteiger charge is 2.23. The van der Waals surface area contributed by atoms with Crippen molar-refractivity contribution >= 4 is 13.7 Å². The summed E-state index contributed by atoms with van der Waals surface area (Å²) in [7, 11) is 1.25. The molecular formula is C75H141N2O6P. The number of allylic oxidation sites excluding steroid dienone is 11. The third kappa shape index (κ3) is 67.4. The summed E-state index contributed by atoms with van der Waals surface area (Å²) in [5.74, 6) is -0.202. The van der Waals surface area contributed by atoms with Gasteiger partial charge in [0.1, 0.15) is 13.2 Å². The Morgan fingerprint density at radius 3 is 1.11 bits per heavy atom. The van der Waals surface area contributed by atoms with Gasteiger partial charge in [0.2, 0.25) is 5.91 Å². The van der Waals surface area contributed by atoms with Crippen molar-refractivity contribution in [3.63, 3.8) is 0 Å². The maximum absolute atomic E-state index is 13.0. The minimum absolute atomic E-state index is 0.00617. The van der Waals surface area contributed by atoms with E-state index in [1.165, 1.54) is 263 Å². The van der Waals surface area contributed by atoms with E-state index in [4.69, 9.17) is 9.05 Å². The summed E-state index contributed by atoms with van der Waals surface area (Å²) in [6, 6.07) is -0.906. The molecule has 0 aromatic carbocycles. The number of carbonyl (C=O) groups is 1. The Balaban J connectivity index is 4.04. The number of amides is 1. The van der Waals surface area contributed by atoms with E-state index in [1.54, 1.807) is 6.08 Å². The lowest BCUT2D eigenvalue weighted by atomic mass is 10.0. The third-order valence-corrected chi connectivity index (χ3v) is 17.4. The molecule has 492 valence electrons. The van der Waals surface area contributed by atoms with Crippen LogP contribution in [0.3, 0.4) is 0 Å². The van der Waals surface area contributed by atoms with Crippen LogP contribution in [-0.2, 0) is 18.4 Å². The van der Waals surface area contributed by atoms with E-state index in [0.29, 0.717) is 17.4 Å². The van der Waals surface area contributed by atoms with Crippen LogP contribution >= 0.6 is 7.82 Å². The predicted molar refractivity (Wildman–Crippen MR) is 367 cm³/mol. The van der Waals surface area contributed by atoms with Crippen LogP contribution in [0, 0.1) is 0 Å². The predicted octanol–water partition coefficient (Wildman–Crippen LogP) is 22.7. The zero-order valence-electron chi connectivity index (χ0n) is 56.4. The summed E-state index contributed by atoms with van der Waals surface area (Å²) in [6.07, 6.45) is 91.9. The standard InChI is InChI=1S/C75H141N2O6P/c1-6-8-10-12-14-16-18-20-22-24-26-28-30-32-34-35-36-37-38-39-40-41-43-45-47-49-51-53-55-57-59-61-63-65-67-69-75(79)76-73(72-83-84(80,81)82-71-70-77(3,4)5)74(78)68-66-64-62-60-58-56-54-52-50-48-46-44-42-33-31-29-27-25-23-21-19-17-15-13-11-9-7-2/h8,10,14,16,20,22,26,28,58,60,66,68,73-74,78H,6-7,9,11-13,15,17-19,21,23-25,27,29-57,59,61-65,67,69-72H2,1-5H3,(H-,76,79,80,81)/b10-8-,16-14-,22-20-,28-26-,60-58+,68-66+. The summed E-state index contributed by atoms with van der Waals surface area (Å²) >= 11 is 0. The molecular weight excluding hydrogens is 1060 g/mol. The first kappa shape index (κ1) is 81.9. The van der Waals surface area contributed by atoms with Gasteiger partial charge in [-0.2, -0.15) is 0 Å². The largest absolute Gasteiger partial charge is 0.756 e. The van der Waals surface area contributed by atoms with Crippen molar-refractivity contribution in [2.45, 2.75) is 360 Å². The fourth-order valence-electron chi connectivity index (χ4n) is 10.8. The molecule has 0 saturated heterocycles. The maximum atomic E-state index is 13.0. The van der Waals surface area contributed by atoms with Crippen LogP contribution in [0.2, 0.25) is 0 Å². The highest BCUT2D eigenvalue weighted by atomic mass is 31.2. The molecule has 2 N–H and O–H groups in total. The molecule has 0 aromatic rings. The van der Waals surface area contributed by atoms with Crippen LogP contribution in [0.4, 0.5) is 0 Å². The van der Waals surface area contributed by atoms with Crippen molar-refractivity contribution in [3.05, 3.63) is 72.9 Å². The van der Waals surface area contributed by atoms with Gasteiger partial charge in [0.05, 0.1) is 39.9 Å². The summed E-state index contributed by atoms with van der Waals surface area (Å²) in [5, 5.41) is 14.0. The fraction of sp³-hybridized carbons (Fsp3) is 0.827. The number of likely N-dealkylation sites (N-methyl/N-ethyl adjacent to an activating group) is 1. The first-order valence-corrected chi connectivity index (χ1v) is 37.8. The maximum Gasteiger partial charge on any atom is 0.268 e. The number of nitrogens with one attached hydrogen (secondary N) is 1. The molecule has 0 saturated carbocycles. The smallest absolute Gasteiger partial charge is 0.268 e. The van der Waals surface area contributed by atoms with Crippen LogP contribution in [0.25, 0.3) is 0 Å². The summed E-state index contributed by atoms with van der Waals surface area (Å²) < 4.78 is 23.5. The van der Waals surface area contributed by atoms with Crippen molar-refractivity contribution in [3.8, 4) is 0 Å². The van der Waals surface area contributed by atoms with Crippen molar-refractivity contribution in [2.24, 2.45) is 0 Å². The molecule has 0 heterocycles. The second-order valence-corrected chi connectivity index (χ2v) is 27.3. The number of unbranched alkanes of at least 4 members (excludes halogenated alkanes) is 44. The Labute approximate surface area is 523 Å². The number of carbonyl (C=O) groups excluding carboxylic acids is 1. The van der Waals surface area contributed by atoms with E-state index in [0.717, 1.165) is 64.2 Å². The van der Waals surface area contributed by atoms with Gasteiger partial charge < -0.3 is 28.8 Å². The quantitative estimate of drug-likeness (QED) is 0.0272. The minimum atomic E-state index is -4.61. The lowest BCUT2D eigenvalue weighted by molar-refractivity contribution is -0.870. The second kappa shape index (κ2) is 65.4. The number of aliphatic hydroxyl groups is 1. The minimum Gasteiger partial charge on any atom is -0.756 e.